The lowest BCUT2D eigenvalue weighted by Crippen LogP contribution is -2.41. The normalized spacial score (nSPS) is 11.9. The summed E-state index contributed by atoms with van der Waals surface area (Å²) in [5, 5.41) is 25.3. The van der Waals surface area contributed by atoms with Gasteiger partial charge in [-0.2, -0.15) is 0 Å². The van der Waals surface area contributed by atoms with Crippen LogP contribution in [0.15, 0.2) is 24.3 Å². The number of carbonyl (C=O) groups is 2. The van der Waals surface area contributed by atoms with Crippen molar-refractivity contribution in [1.82, 2.24) is 5.32 Å². The fourth-order valence-electron chi connectivity index (χ4n) is 2.44. The third-order valence-electron chi connectivity index (χ3n) is 5.31. The van der Waals surface area contributed by atoms with Crippen molar-refractivity contribution in [2.45, 2.75) is 45.3 Å². The molecule has 0 fully saturated rings. The molecule has 0 aromatic heterocycles. The van der Waals surface area contributed by atoms with Gasteiger partial charge in [-0.25, -0.2) is 4.79 Å². The van der Waals surface area contributed by atoms with E-state index in [2.05, 4.69) is 44.5 Å². The Bertz CT molecular complexity index is 882. The Morgan fingerprint density at radius 2 is 1.85 bits per heavy atom. The largest absolute Gasteiger partial charge is 0.491 e. The zero-order chi connectivity index (χ0) is 25.2. The number of carboxylic acid groups (broad SMARTS) is 1. The molecule has 0 saturated heterocycles. The summed E-state index contributed by atoms with van der Waals surface area (Å²) in [6.07, 6.45) is 2.57. The van der Waals surface area contributed by atoms with Gasteiger partial charge in [0, 0.05) is 37.7 Å². The molecule has 1 aromatic rings. The molecular formula is C21H34N4O7Si. The number of nitrogens with zero attached hydrogens (tertiary/aromatic N) is 1. The number of amides is 2. The predicted octanol–water partition coefficient (Wildman–Crippen LogP) is 3.72. The highest BCUT2D eigenvalue weighted by atomic mass is 28.4. The molecular weight excluding hydrogens is 448 g/mol. The molecule has 2 amide bonds. The first-order valence-electron chi connectivity index (χ1n) is 10.5. The van der Waals surface area contributed by atoms with Gasteiger partial charge in [-0.1, -0.05) is 32.9 Å². The molecule has 184 valence electrons. The highest BCUT2D eigenvalue weighted by Crippen LogP contribution is 2.37. The van der Waals surface area contributed by atoms with Crippen molar-refractivity contribution in [3.8, 4) is 5.75 Å². The van der Waals surface area contributed by atoms with Crippen LogP contribution in [0.4, 0.5) is 16.2 Å². The van der Waals surface area contributed by atoms with Crippen LogP contribution >= 0.6 is 0 Å². The van der Waals surface area contributed by atoms with E-state index in [4.69, 9.17) is 20.0 Å². The minimum Gasteiger partial charge on any atom is -0.491 e. The molecule has 0 aliphatic heterocycles. The van der Waals surface area contributed by atoms with Gasteiger partial charge in [0.05, 0.1) is 11.5 Å². The molecule has 1 rings (SSSR count). The van der Waals surface area contributed by atoms with Gasteiger partial charge in [-0.05, 0) is 24.2 Å². The van der Waals surface area contributed by atoms with Crippen molar-refractivity contribution in [1.29, 1.82) is 0 Å². The summed E-state index contributed by atoms with van der Waals surface area (Å²) in [6, 6.07) is 2.45. The van der Waals surface area contributed by atoms with Gasteiger partial charge in [0.2, 0.25) is 5.91 Å². The minimum absolute atomic E-state index is 0.0408. The zero-order valence-electron chi connectivity index (χ0n) is 19.8. The first-order valence-corrected chi connectivity index (χ1v) is 13.4. The Morgan fingerprint density at radius 3 is 2.39 bits per heavy atom. The summed E-state index contributed by atoms with van der Waals surface area (Å²) in [5.74, 6) is -0.683. The predicted molar refractivity (Wildman–Crippen MR) is 129 cm³/mol. The highest BCUT2D eigenvalue weighted by Gasteiger charge is 2.36. The molecule has 0 bridgehead atoms. The van der Waals surface area contributed by atoms with Crippen molar-refractivity contribution in [2.24, 2.45) is 5.73 Å². The van der Waals surface area contributed by atoms with Crippen LogP contribution in [0.25, 0.3) is 0 Å². The second kappa shape index (κ2) is 12.2. The van der Waals surface area contributed by atoms with E-state index < -0.39 is 25.2 Å². The summed E-state index contributed by atoms with van der Waals surface area (Å²) in [4.78, 5) is 33.1. The molecule has 0 aliphatic rings. The number of carbonyl (C=O) groups excluding carboxylic acids is 1. The van der Waals surface area contributed by atoms with Crippen LogP contribution in [0, 0.1) is 10.1 Å². The quantitative estimate of drug-likeness (QED) is 0.108. The second-order valence-electron chi connectivity index (χ2n) is 8.84. The minimum atomic E-state index is -1.90. The molecule has 0 heterocycles. The van der Waals surface area contributed by atoms with Gasteiger partial charge in [0.1, 0.15) is 5.75 Å². The number of ether oxygens (including phenoxy) is 1. The lowest BCUT2D eigenvalue weighted by atomic mass is 10.1. The Hall–Kier alpha value is -3.12. The average molecular weight is 483 g/mol. The van der Waals surface area contributed by atoms with Crippen LogP contribution in [0.1, 0.15) is 37.6 Å². The van der Waals surface area contributed by atoms with E-state index in [1.165, 1.54) is 6.07 Å². The number of nitrogens with one attached hydrogen (secondary N) is 2. The Morgan fingerprint density at radius 1 is 1.21 bits per heavy atom. The Balaban J connectivity index is 2.93. The van der Waals surface area contributed by atoms with Crippen LogP contribution in [-0.4, -0.2) is 56.7 Å². The van der Waals surface area contributed by atoms with Crippen molar-refractivity contribution in [3.63, 3.8) is 0 Å². The molecule has 5 N–H and O–H groups in total. The van der Waals surface area contributed by atoms with E-state index in [9.17, 15) is 19.7 Å². The molecule has 0 spiro atoms. The van der Waals surface area contributed by atoms with Crippen molar-refractivity contribution in [2.75, 3.05) is 31.6 Å². The summed E-state index contributed by atoms with van der Waals surface area (Å²) >= 11 is 0. The number of hydrogen-bond donors (Lipinski definition) is 4. The Kier molecular flexibility index (Phi) is 10.3. The number of nitro groups is 1. The second-order valence-corrected chi connectivity index (χ2v) is 13.6. The molecule has 11 nitrogen and oxygen atoms in total. The molecule has 0 aliphatic carbocycles. The summed E-state index contributed by atoms with van der Waals surface area (Å²) in [6.45, 7) is 11.7. The number of anilines is 1. The van der Waals surface area contributed by atoms with E-state index in [0.717, 1.165) is 6.07 Å². The summed E-state index contributed by atoms with van der Waals surface area (Å²) in [5.41, 5.74) is 5.04. The SMILES string of the molecule is CC(C)(C)[Si](C)(C)OCCCOc1cc(C(N)=O)cc([N+](=O)[O-])c1NCC=CCNC(=O)O. The van der Waals surface area contributed by atoms with E-state index in [1.54, 1.807) is 12.2 Å². The monoisotopic (exact) mass is 482 g/mol. The van der Waals surface area contributed by atoms with Gasteiger partial charge < -0.3 is 30.6 Å². The zero-order valence-corrected chi connectivity index (χ0v) is 20.8. The van der Waals surface area contributed by atoms with Gasteiger partial charge in [-0.3, -0.25) is 14.9 Å². The number of primary amides is 1. The van der Waals surface area contributed by atoms with E-state index in [1.807, 2.05) is 0 Å². The van der Waals surface area contributed by atoms with Crippen LogP contribution < -0.4 is 21.1 Å². The number of nitrogens with two attached hydrogens (primary N) is 1. The molecule has 0 atom stereocenters. The highest BCUT2D eigenvalue weighted by molar-refractivity contribution is 6.74. The summed E-state index contributed by atoms with van der Waals surface area (Å²) < 4.78 is 11.9. The first kappa shape index (κ1) is 27.9. The number of rotatable bonds is 13. The van der Waals surface area contributed by atoms with E-state index >= 15 is 0 Å². The van der Waals surface area contributed by atoms with Crippen LogP contribution in [0.3, 0.4) is 0 Å². The smallest absolute Gasteiger partial charge is 0.404 e. The van der Waals surface area contributed by atoms with Gasteiger partial charge in [0.15, 0.2) is 14.0 Å². The maximum atomic E-state index is 11.6. The third-order valence-corrected chi connectivity index (χ3v) is 9.85. The lowest BCUT2D eigenvalue weighted by Gasteiger charge is -2.36. The van der Waals surface area contributed by atoms with Gasteiger partial charge >= 0.3 is 6.09 Å². The lowest BCUT2D eigenvalue weighted by molar-refractivity contribution is -0.384. The number of benzene rings is 1. The first-order chi connectivity index (χ1) is 15.3. The van der Waals surface area contributed by atoms with Crippen LogP contribution in [0.2, 0.25) is 18.1 Å². The molecule has 0 radical (unpaired) electrons. The molecule has 33 heavy (non-hydrogen) atoms. The van der Waals surface area contributed by atoms with Crippen LogP contribution in [-0.2, 0) is 4.43 Å². The van der Waals surface area contributed by atoms with Crippen molar-refractivity contribution < 1.29 is 28.8 Å². The van der Waals surface area contributed by atoms with E-state index in [-0.39, 0.29) is 47.4 Å². The topological polar surface area (TPSA) is 166 Å². The fraction of sp³-hybridized carbons (Fsp3) is 0.524. The molecule has 12 heteroatoms. The van der Waals surface area contributed by atoms with Gasteiger partial charge in [0.25, 0.3) is 5.69 Å². The molecule has 1 aromatic carbocycles. The maximum Gasteiger partial charge on any atom is 0.404 e. The average Bonchev–Trinajstić information content (AvgIpc) is 2.69. The third kappa shape index (κ3) is 9.10. The van der Waals surface area contributed by atoms with E-state index in [0.29, 0.717) is 13.0 Å². The van der Waals surface area contributed by atoms with Gasteiger partial charge in [-0.15, -0.1) is 0 Å². The molecule has 0 unspecified atom stereocenters. The van der Waals surface area contributed by atoms with Crippen LogP contribution in [0.5, 0.6) is 5.75 Å². The number of nitro benzene ring substituents is 1. The maximum absolute atomic E-state index is 11.6. The summed E-state index contributed by atoms with van der Waals surface area (Å²) in [7, 11) is -1.90. The number of hydrogen-bond acceptors (Lipinski definition) is 7. The molecule has 0 saturated carbocycles. The fourth-order valence-corrected chi connectivity index (χ4v) is 3.52. The van der Waals surface area contributed by atoms with Crippen molar-refractivity contribution >= 4 is 31.7 Å². The Labute approximate surface area is 194 Å². The standard InChI is InChI=1S/C21H34N4O7Si/c1-21(2,3)33(4,5)32-12-8-11-31-17-14-15(19(22)26)13-16(25(29)30)18(17)23-9-6-7-10-24-20(27)28/h6-7,13-14,23-24H,8-12H2,1-5H3,(H2,22,26)(H,27,28). The van der Waals surface area contributed by atoms with Crippen molar-refractivity contribution in [3.05, 3.63) is 40.0 Å².